The number of carbonyl (C=O) groups is 2. The fourth-order valence-corrected chi connectivity index (χ4v) is 2.51. The number of hydrogen-bond acceptors (Lipinski definition) is 3. The minimum absolute atomic E-state index is 0.108. The fraction of sp³-hybridized carbons (Fsp3) is 0.529. The van der Waals surface area contributed by atoms with Crippen LogP contribution in [0.15, 0.2) is 24.3 Å². The van der Waals surface area contributed by atoms with Crippen molar-refractivity contribution >= 4 is 17.5 Å². The first-order chi connectivity index (χ1) is 10.4. The molecule has 0 radical (unpaired) electrons. The van der Waals surface area contributed by atoms with Crippen LogP contribution in [0.3, 0.4) is 0 Å². The maximum absolute atomic E-state index is 12.3. The minimum Gasteiger partial charge on any atom is -0.380 e. The van der Waals surface area contributed by atoms with Crippen LogP contribution >= 0.6 is 0 Å². The highest BCUT2D eigenvalue weighted by Crippen LogP contribution is 2.29. The molecule has 1 aromatic rings. The summed E-state index contributed by atoms with van der Waals surface area (Å²) in [4.78, 5) is 26.1. The molecule has 2 rings (SSSR count). The van der Waals surface area contributed by atoms with E-state index in [9.17, 15) is 9.59 Å². The SMILES string of the molecule is CC(C)(C)c1ccccc1NC(=O)C(=O)N1CCCOCC1. The van der Waals surface area contributed by atoms with Gasteiger partial charge in [-0.3, -0.25) is 9.59 Å². The first kappa shape index (κ1) is 16.5. The van der Waals surface area contributed by atoms with Crippen LogP contribution < -0.4 is 5.32 Å². The molecule has 1 aliphatic heterocycles. The number of anilines is 1. The molecule has 1 aromatic carbocycles. The quantitative estimate of drug-likeness (QED) is 0.809. The lowest BCUT2D eigenvalue weighted by Gasteiger charge is -2.24. The molecule has 1 saturated heterocycles. The van der Waals surface area contributed by atoms with Gasteiger partial charge in [-0.05, 0) is 23.5 Å². The van der Waals surface area contributed by atoms with Crippen LogP contribution in [-0.2, 0) is 19.7 Å². The molecule has 0 spiro atoms. The van der Waals surface area contributed by atoms with Crippen LogP contribution in [0.5, 0.6) is 0 Å². The number of amides is 2. The monoisotopic (exact) mass is 304 g/mol. The number of rotatable bonds is 1. The van der Waals surface area contributed by atoms with Crippen molar-refractivity contribution in [3.63, 3.8) is 0 Å². The summed E-state index contributed by atoms with van der Waals surface area (Å²) in [5.41, 5.74) is 1.60. The van der Waals surface area contributed by atoms with Gasteiger partial charge in [0.25, 0.3) is 0 Å². The summed E-state index contributed by atoms with van der Waals surface area (Å²) >= 11 is 0. The predicted octanol–water partition coefficient (Wildman–Crippen LogP) is 2.17. The molecule has 0 saturated carbocycles. The summed E-state index contributed by atoms with van der Waals surface area (Å²) in [5.74, 6) is -1.08. The molecule has 2 amide bonds. The highest BCUT2D eigenvalue weighted by molar-refractivity contribution is 6.39. The van der Waals surface area contributed by atoms with Gasteiger partial charge in [-0.2, -0.15) is 0 Å². The minimum atomic E-state index is -0.585. The number of hydrogen-bond donors (Lipinski definition) is 1. The van der Waals surface area contributed by atoms with Gasteiger partial charge in [0, 0.05) is 25.4 Å². The molecular formula is C17H24N2O3. The third-order valence-electron chi connectivity index (χ3n) is 3.69. The largest absolute Gasteiger partial charge is 0.380 e. The molecule has 1 heterocycles. The zero-order valence-electron chi connectivity index (χ0n) is 13.5. The molecule has 120 valence electrons. The third kappa shape index (κ3) is 4.07. The Balaban J connectivity index is 2.10. The first-order valence-corrected chi connectivity index (χ1v) is 7.67. The van der Waals surface area contributed by atoms with Crippen molar-refractivity contribution in [2.24, 2.45) is 0 Å². The molecule has 5 heteroatoms. The molecule has 0 atom stereocenters. The van der Waals surface area contributed by atoms with Crippen LogP contribution in [0.2, 0.25) is 0 Å². The summed E-state index contributed by atoms with van der Waals surface area (Å²) in [6, 6.07) is 7.59. The van der Waals surface area contributed by atoms with Crippen LogP contribution in [-0.4, -0.2) is 43.0 Å². The molecule has 0 unspecified atom stereocenters. The van der Waals surface area contributed by atoms with E-state index in [1.807, 2.05) is 24.3 Å². The molecule has 1 aliphatic rings. The lowest BCUT2D eigenvalue weighted by atomic mass is 9.86. The van der Waals surface area contributed by atoms with Gasteiger partial charge in [-0.1, -0.05) is 39.0 Å². The summed E-state index contributed by atoms with van der Waals surface area (Å²) in [5, 5.41) is 2.76. The second-order valence-electron chi connectivity index (χ2n) is 6.51. The van der Waals surface area contributed by atoms with Gasteiger partial charge < -0.3 is 15.0 Å². The van der Waals surface area contributed by atoms with Crippen molar-refractivity contribution in [2.45, 2.75) is 32.6 Å². The topological polar surface area (TPSA) is 58.6 Å². The highest BCUT2D eigenvalue weighted by Gasteiger charge is 2.25. The Morgan fingerprint density at radius 2 is 1.86 bits per heavy atom. The van der Waals surface area contributed by atoms with Gasteiger partial charge in [0.05, 0.1) is 6.61 Å². The smallest absolute Gasteiger partial charge is 0.313 e. The van der Waals surface area contributed by atoms with Crippen molar-refractivity contribution < 1.29 is 14.3 Å². The van der Waals surface area contributed by atoms with Crippen LogP contribution in [0, 0.1) is 0 Å². The molecule has 0 bridgehead atoms. The van der Waals surface area contributed by atoms with E-state index >= 15 is 0 Å². The van der Waals surface area contributed by atoms with Crippen LogP contribution in [0.1, 0.15) is 32.8 Å². The fourth-order valence-electron chi connectivity index (χ4n) is 2.51. The molecule has 0 aromatic heterocycles. The van der Waals surface area contributed by atoms with Gasteiger partial charge in [-0.15, -0.1) is 0 Å². The molecular weight excluding hydrogens is 280 g/mol. The Bertz CT molecular complexity index is 541. The van der Waals surface area contributed by atoms with Gasteiger partial charge in [0.15, 0.2) is 0 Å². The van der Waals surface area contributed by atoms with E-state index in [4.69, 9.17) is 4.74 Å². The van der Waals surface area contributed by atoms with E-state index < -0.39 is 11.8 Å². The molecule has 0 aliphatic carbocycles. The average Bonchev–Trinajstić information content (AvgIpc) is 2.75. The molecule has 5 nitrogen and oxygen atoms in total. The van der Waals surface area contributed by atoms with Crippen molar-refractivity contribution in [1.82, 2.24) is 4.90 Å². The number of benzene rings is 1. The van der Waals surface area contributed by atoms with Crippen molar-refractivity contribution in [1.29, 1.82) is 0 Å². The predicted molar refractivity (Wildman–Crippen MR) is 85.8 cm³/mol. The Labute approximate surface area is 131 Å². The molecule has 22 heavy (non-hydrogen) atoms. The lowest BCUT2D eigenvalue weighted by Crippen LogP contribution is -2.41. The summed E-state index contributed by atoms with van der Waals surface area (Å²) < 4.78 is 5.31. The Morgan fingerprint density at radius 1 is 1.14 bits per heavy atom. The van der Waals surface area contributed by atoms with Gasteiger partial charge in [0.2, 0.25) is 0 Å². The summed E-state index contributed by atoms with van der Waals surface area (Å²) in [7, 11) is 0. The van der Waals surface area contributed by atoms with Gasteiger partial charge >= 0.3 is 11.8 Å². The van der Waals surface area contributed by atoms with E-state index in [2.05, 4.69) is 26.1 Å². The maximum atomic E-state index is 12.3. The van der Waals surface area contributed by atoms with E-state index in [1.165, 1.54) is 0 Å². The highest BCUT2D eigenvalue weighted by atomic mass is 16.5. The molecule has 1 N–H and O–H groups in total. The van der Waals surface area contributed by atoms with E-state index in [1.54, 1.807) is 4.90 Å². The Hall–Kier alpha value is -1.88. The lowest BCUT2D eigenvalue weighted by molar-refractivity contribution is -0.143. The summed E-state index contributed by atoms with van der Waals surface area (Å²) in [6.45, 7) is 8.38. The zero-order valence-corrected chi connectivity index (χ0v) is 13.5. The number of nitrogens with zero attached hydrogens (tertiary/aromatic N) is 1. The second-order valence-corrected chi connectivity index (χ2v) is 6.51. The standard InChI is InChI=1S/C17H24N2O3/c1-17(2,3)13-7-4-5-8-14(13)18-15(20)16(21)19-9-6-11-22-12-10-19/h4-5,7-8H,6,9-12H2,1-3H3,(H,18,20). The van der Waals surface area contributed by atoms with Crippen LogP contribution in [0.25, 0.3) is 0 Å². The molecule has 1 fully saturated rings. The van der Waals surface area contributed by atoms with E-state index in [0.717, 1.165) is 12.0 Å². The summed E-state index contributed by atoms with van der Waals surface area (Å²) in [6.07, 6.45) is 0.762. The Kier molecular flexibility index (Phi) is 5.19. The van der Waals surface area contributed by atoms with Gasteiger partial charge in [-0.25, -0.2) is 0 Å². The number of para-hydroxylation sites is 1. The second kappa shape index (κ2) is 6.92. The number of ether oxygens (including phenoxy) is 1. The normalized spacial score (nSPS) is 16.0. The van der Waals surface area contributed by atoms with Gasteiger partial charge in [0.1, 0.15) is 0 Å². The number of carbonyl (C=O) groups excluding carboxylic acids is 2. The average molecular weight is 304 g/mol. The Morgan fingerprint density at radius 3 is 2.59 bits per heavy atom. The first-order valence-electron chi connectivity index (χ1n) is 7.67. The van der Waals surface area contributed by atoms with Crippen molar-refractivity contribution in [2.75, 3.05) is 31.6 Å². The van der Waals surface area contributed by atoms with E-state index in [0.29, 0.717) is 32.0 Å². The number of nitrogens with one attached hydrogen (secondary N) is 1. The van der Waals surface area contributed by atoms with E-state index in [-0.39, 0.29) is 5.41 Å². The maximum Gasteiger partial charge on any atom is 0.313 e. The van der Waals surface area contributed by atoms with Crippen molar-refractivity contribution in [3.05, 3.63) is 29.8 Å². The zero-order chi connectivity index (χ0) is 16.2. The van der Waals surface area contributed by atoms with Crippen molar-refractivity contribution in [3.8, 4) is 0 Å². The third-order valence-corrected chi connectivity index (χ3v) is 3.69. The van der Waals surface area contributed by atoms with Crippen LogP contribution in [0.4, 0.5) is 5.69 Å².